The second-order valence-electron chi connectivity index (χ2n) is 5.32. The molecule has 0 heterocycles. The number of benzene rings is 2. The molecule has 1 unspecified atom stereocenters. The summed E-state index contributed by atoms with van der Waals surface area (Å²) in [6.07, 6.45) is 3.28. The smallest absolute Gasteiger partial charge is 0.184 e. The fourth-order valence-corrected chi connectivity index (χ4v) is 3.28. The van der Waals surface area contributed by atoms with E-state index in [0.717, 1.165) is 29.3 Å². The van der Waals surface area contributed by atoms with Gasteiger partial charge in [-0.05, 0) is 54.2 Å². The fourth-order valence-electron chi connectivity index (χ4n) is 2.86. The van der Waals surface area contributed by atoms with Crippen molar-refractivity contribution in [2.24, 2.45) is 0 Å². The summed E-state index contributed by atoms with van der Waals surface area (Å²) in [7, 11) is 0. The van der Waals surface area contributed by atoms with E-state index in [-0.39, 0.29) is 5.78 Å². The third-order valence-electron chi connectivity index (χ3n) is 3.96. The number of nitriles is 1. The highest BCUT2D eigenvalue weighted by Crippen LogP contribution is 2.27. The predicted octanol–water partition coefficient (Wildman–Crippen LogP) is 4.43. The van der Waals surface area contributed by atoms with Crippen LogP contribution < -0.4 is 0 Å². The Morgan fingerprint density at radius 1 is 1.14 bits per heavy atom. The highest BCUT2D eigenvalue weighted by atomic mass is 79.9. The van der Waals surface area contributed by atoms with Crippen molar-refractivity contribution in [1.29, 1.82) is 5.26 Å². The summed E-state index contributed by atoms with van der Waals surface area (Å²) in [6.45, 7) is 0. The molecule has 1 atom stereocenters. The quantitative estimate of drug-likeness (QED) is 0.776. The number of hydrogen-bond acceptors (Lipinski definition) is 2. The molecule has 2 nitrogen and oxygen atoms in total. The molecule has 0 fully saturated rings. The van der Waals surface area contributed by atoms with Gasteiger partial charge in [0, 0.05) is 10.0 Å². The summed E-state index contributed by atoms with van der Waals surface area (Å²) in [5.41, 5.74) is 3.97. The number of aryl methyl sites for hydroxylation is 2. The lowest BCUT2D eigenvalue weighted by Crippen LogP contribution is -2.11. The Morgan fingerprint density at radius 2 is 1.95 bits per heavy atom. The lowest BCUT2D eigenvalue weighted by Gasteiger charge is -2.10. The van der Waals surface area contributed by atoms with Crippen molar-refractivity contribution in [2.75, 3.05) is 0 Å². The van der Waals surface area contributed by atoms with Crippen LogP contribution in [0.15, 0.2) is 46.9 Å². The average Bonchev–Trinajstić information content (AvgIpc) is 2.95. The van der Waals surface area contributed by atoms with E-state index >= 15 is 0 Å². The molecular formula is C18H14BrNO. The number of nitrogens with zero attached hydrogens (tertiary/aromatic N) is 1. The summed E-state index contributed by atoms with van der Waals surface area (Å²) >= 11 is 3.38. The van der Waals surface area contributed by atoms with Crippen molar-refractivity contribution in [3.05, 3.63) is 69.2 Å². The van der Waals surface area contributed by atoms with Crippen molar-refractivity contribution >= 4 is 21.7 Å². The van der Waals surface area contributed by atoms with Gasteiger partial charge in [-0.25, -0.2) is 0 Å². The number of rotatable bonds is 3. The van der Waals surface area contributed by atoms with Gasteiger partial charge in [-0.15, -0.1) is 0 Å². The van der Waals surface area contributed by atoms with Crippen LogP contribution in [0.5, 0.6) is 0 Å². The van der Waals surface area contributed by atoms with Gasteiger partial charge in [-0.1, -0.05) is 40.2 Å². The largest absolute Gasteiger partial charge is 0.292 e. The van der Waals surface area contributed by atoms with E-state index in [1.165, 1.54) is 11.1 Å². The number of carbonyl (C=O) groups excluding carboxylic acids is 1. The van der Waals surface area contributed by atoms with Gasteiger partial charge in [0.2, 0.25) is 0 Å². The van der Waals surface area contributed by atoms with Crippen LogP contribution in [-0.2, 0) is 12.8 Å². The van der Waals surface area contributed by atoms with Crippen LogP contribution in [0.25, 0.3) is 0 Å². The number of ketones is 1. The molecule has 0 radical (unpaired) electrons. The minimum atomic E-state index is -0.748. The van der Waals surface area contributed by atoms with Crippen molar-refractivity contribution in [2.45, 2.75) is 25.2 Å². The molecule has 0 amide bonds. The molecule has 2 aromatic carbocycles. The minimum Gasteiger partial charge on any atom is -0.292 e. The van der Waals surface area contributed by atoms with Crippen LogP contribution in [0, 0.1) is 11.3 Å². The summed E-state index contributed by atoms with van der Waals surface area (Å²) in [6, 6.07) is 15.4. The molecule has 104 valence electrons. The van der Waals surface area contributed by atoms with Gasteiger partial charge in [-0.3, -0.25) is 4.79 Å². The molecular weight excluding hydrogens is 326 g/mol. The average molecular weight is 340 g/mol. The maximum Gasteiger partial charge on any atom is 0.184 e. The molecule has 21 heavy (non-hydrogen) atoms. The van der Waals surface area contributed by atoms with Gasteiger partial charge in [-0.2, -0.15) is 5.26 Å². The molecule has 0 spiro atoms. The van der Waals surface area contributed by atoms with Crippen molar-refractivity contribution in [1.82, 2.24) is 0 Å². The van der Waals surface area contributed by atoms with Crippen LogP contribution in [-0.4, -0.2) is 5.78 Å². The number of fused-ring (bicyclic) bond motifs is 1. The summed E-state index contributed by atoms with van der Waals surface area (Å²) in [5.74, 6) is -0.868. The van der Waals surface area contributed by atoms with Gasteiger partial charge in [0.05, 0.1) is 6.07 Å². The first kappa shape index (κ1) is 14.0. The summed E-state index contributed by atoms with van der Waals surface area (Å²) in [5, 5.41) is 9.41. The number of hydrogen-bond donors (Lipinski definition) is 0. The van der Waals surface area contributed by atoms with Gasteiger partial charge in [0.15, 0.2) is 5.78 Å². The molecule has 3 heteroatoms. The Bertz CT molecular complexity index is 745. The third-order valence-corrected chi connectivity index (χ3v) is 4.45. The van der Waals surface area contributed by atoms with Crippen LogP contribution in [0.1, 0.15) is 39.4 Å². The molecule has 0 aliphatic heterocycles. The summed E-state index contributed by atoms with van der Waals surface area (Å²) in [4.78, 5) is 12.6. The lowest BCUT2D eigenvalue weighted by atomic mass is 9.90. The Balaban J connectivity index is 1.95. The van der Waals surface area contributed by atoms with Crippen molar-refractivity contribution < 1.29 is 4.79 Å². The normalized spacial score (nSPS) is 14.3. The first-order valence-corrected chi connectivity index (χ1v) is 7.79. The second-order valence-corrected chi connectivity index (χ2v) is 6.23. The Kier molecular flexibility index (Phi) is 3.90. The molecule has 0 N–H and O–H groups in total. The van der Waals surface area contributed by atoms with E-state index < -0.39 is 5.92 Å². The third kappa shape index (κ3) is 2.77. The molecule has 1 aliphatic carbocycles. The minimum absolute atomic E-state index is 0.120. The van der Waals surface area contributed by atoms with Crippen molar-refractivity contribution in [3.63, 3.8) is 0 Å². The van der Waals surface area contributed by atoms with Crippen LogP contribution in [0.4, 0.5) is 0 Å². The van der Waals surface area contributed by atoms with E-state index in [9.17, 15) is 10.1 Å². The zero-order chi connectivity index (χ0) is 14.8. The maximum absolute atomic E-state index is 12.6. The first-order valence-electron chi connectivity index (χ1n) is 7.00. The van der Waals surface area contributed by atoms with Crippen LogP contribution in [0.3, 0.4) is 0 Å². The van der Waals surface area contributed by atoms with E-state index in [0.29, 0.717) is 5.56 Å². The zero-order valence-electron chi connectivity index (χ0n) is 11.5. The molecule has 1 aliphatic rings. The number of carbonyl (C=O) groups is 1. The van der Waals surface area contributed by atoms with Crippen LogP contribution >= 0.6 is 15.9 Å². The molecule has 0 saturated carbocycles. The molecule has 0 bridgehead atoms. The van der Waals surface area contributed by atoms with Gasteiger partial charge >= 0.3 is 0 Å². The van der Waals surface area contributed by atoms with Gasteiger partial charge in [0.25, 0.3) is 0 Å². The topological polar surface area (TPSA) is 40.9 Å². The van der Waals surface area contributed by atoms with E-state index in [1.54, 1.807) is 0 Å². The van der Waals surface area contributed by atoms with E-state index in [2.05, 4.69) is 22.0 Å². The molecule has 3 rings (SSSR count). The zero-order valence-corrected chi connectivity index (χ0v) is 13.1. The molecule has 2 aromatic rings. The standard InChI is InChI=1S/C18H14BrNO/c19-16-6-2-5-14(10-16)17(11-20)18(21)15-8-7-12-3-1-4-13(12)9-15/h2,5-10,17H,1,3-4H2. The first-order chi connectivity index (χ1) is 10.2. The number of Topliss-reactive ketones (excluding diaryl/α,β-unsaturated/α-hetero) is 1. The second kappa shape index (κ2) is 5.83. The highest BCUT2D eigenvalue weighted by molar-refractivity contribution is 9.10. The Labute approximate surface area is 132 Å². The Hall–Kier alpha value is -1.92. The monoisotopic (exact) mass is 339 g/mol. The number of halogens is 1. The Morgan fingerprint density at radius 3 is 2.71 bits per heavy atom. The van der Waals surface area contributed by atoms with E-state index in [4.69, 9.17) is 0 Å². The molecule has 0 saturated heterocycles. The highest BCUT2D eigenvalue weighted by Gasteiger charge is 2.23. The SMILES string of the molecule is N#CC(C(=O)c1ccc2c(c1)CCC2)c1cccc(Br)c1. The van der Waals surface area contributed by atoms with Gasteiger partial charge in [0.1, 0.15) is 5.92 Å². The van der Waals surface area contributed by atoms with Crippen molar-refractivity contribution in [3.8, 4) is 6.07 Å². The van der Waals surface area contributed by atoms with Gasteiger partial charge < -0.3 is 0 Å². The predicted molar refractivity (Wildman–Crippen MR) is 85.3 cm³/mol. The lowest BCUT2D eigenvalue weighted by molar-refractivity contribution is 0.0979. The van der Waals surface area contributed by atoms with E-state index in [1.807, 2.05) is 42.5 Å². The fraction of sp³-hybridized carbons (Fsp3) is 0.222. The molecule has 0 aromatic heterocycles. The summed E-state index contributed by atoms with van der Waals surface area (Å²) < 4.78 is 0.877. The maximum atomic E-state index is 12.6. The van der Waals surface area contributed by atoms with Crippen LogP contribution in [0.2, 0.25) is 0 Å².